The van der Waals surface area contributed by atoms with Gasteiger partial charge in [-0.3, -0.25) is 4.79 Å². The number of aromatic nitrogens is 1. The molecule has 0 saturated carbocycles. The topological polar surface area (TPSA) is 59.2 Å². The number of anilines is 1. The van der Waals surface area contributed by atoms with Gasteiger partial charge in [0, 0.05) is 28.8 Å². The minimum absolute atomic E-state index is 0.290. The lowest BCUT2D eigenvalue weighted by molar-refractivity contribution is -0.117. The molecule has 0 saturated heterocycles. The van der Waals surface area contributed by atoms with Crippen LogP contribution < -0.4 is 10.6 Å². The molecule has 0 aliphatic rings. The number of hydrogen-bond acceptors (Lipinski definition) is 5. The number of benzene rings is 1. The van der Waals surface area contributed by atoms with E-state index >= 15 is 0 Å². The van der Waals surface area contributed by atoms with Crippen molar-refractivity contribution in [3.63, 3.8) is 0 Å². The maximum Gasteiger partial charge on any atom is 0.219 e. The maximum absolute atomic E-state index is 11.2. The van der Waals surface area contributed by atoms with Crippen LogP contribution in [0.3, 0.4) is 0 Å². The first-order valence-corrected chi connectivity index (χ1v) is 10.4. The van der Waals surface area contributed by atoms with E-state index in [9.17, 15) is 4.79 Å². The second-order valence-corrected chi connectivity index (χ2v) is 8.38. The summed E-state index contributed by atoms with van der Waals surface area (Å²) in [6, 6.07) is 12.7. The summed E-state index contributed by atoms with van der Waals surface area (Å²) in [5, 5.41) is 5.05. The molecule has 4 nitrogen and oxygen atoms in total. The van der Waals surface area contributed by atoms with E-state index in [1.807, 2.05) is 6.07 Å². The largest absolute Gasteiger partial charge is 0.370 e. The van der Waals surface area contributed by atoms with Crippen molar-refractivity contribution in [1.29, 1.82) is 0 Å². The highest BCUT2D eigenvalue weighted by molar-refractivity contribution is 7.14. The summed E-state index contributed by atoms with van der Waals surface area (Å²) >= 11 is 3.31. The zero-order valence-electron chi connectivity index (χ0n) is 15.0. The Kier molecular flexibility index (Phi) is 6.06. The molecule has 6 heteroatoms. The number of thiazole rings is 1. The van der Waals surface area contributed by atoms with E-state index in [1.165, 1.54) is 10.4 Å². The Hall–Kier alpha value is -2.18. The molecule has 0 spiro atoms. The van der Waals surface area contributed by atoms with Crippen LogP contribution in [0.5, 0.6) is 0 Å². The van der Waals surface area contributed by atoms with Gasteiger partial charge in [0.05, 0.1) is 12.2 Å². The van der Waals surface area contributed by atoms with Gasteiger partial charge in [-0.1, -0.05) is 44.2 Å². The summed E-state index contributed by atoms with van der Waals surface area (Å²) in [6.07, 6.45) is 0.323. The van der Waals surface area contributed by atoms with Crippen LogP contribution in [0.2, 0.25) is 0 Å². The molecule has 0 bridgehead atoms. The lowest BCUT2D eigenvalue weighted by Gasteiger charge is -2.20. The number of carbonyl (C=O) groups excluding carboxylic acids is 1. The van der Waals surface area contributed by atoms with Crippen LogP contribution in [-0.4, -0.2) is 17.4 Å². The Morgan fingerprint density at radius 3 is 2.58 bits per heavy atom. The fourth-order valence-electron chi connectivity index (χ4n) is 2.66. The number of primary amides is 1. The molecule has 0 unspecified atom stereocenters. The van der Waals surface area contributed by atoms with E-state index in [0.29, 0.717) is 18.9 Å². The lowest BCUT2D eigenvalue weighted by Crippen LogP contribution is -2.27. The minimum atomic E-state index is -0.290. The average molecular weight is 386 g/mol. The maximum atomic E-state index is 11.2. The van der Waals surface area contributed by atoms with Gasteiger partial charge < -0.3 is 10.6 Å². The second-order valence-electron chi connectivity index (χ2n) is 6.51. The normalized spacial score (nSPS) is 11.0. The van der Waals surface area contributed by atoms with Gasteiger partial charge in [0.15, 0.2) is 5.13 Å². The predicted molar refractivity (Wildman–Crippen MR) is 111 cm³/mol. The van der Waals surface area contributed by atoms with E-state index in [4.69, 9.17) is 10.7 Å². The summed E-state index contributed by atoms with van der Waals surface area (Å²) in [6.45, 7) is 5.70. The van der Waals surface area contributed by atoms with Crippen LogP contribution in [0.4, 0.5) is 5.13 Å². The Morgan fingerprint density at radius 1 is 1.19 bits per heavy atom. The van der Waals surface area contributed by atoms with Crippen molar-refractivity contribution in [1.82, 2.24) is 4.98 Å². The molecule has 0 radical (unpaired) electrons. The molecule has 0 aliphatic heterocycles. The number of amides is 1. The summed E-state index contributed by atoms with van der Waals surface area (Å²) in [7, 11) is 0. The summed E-state index contributed by atoms with van der Waals surface area (Å²) in [5.74, 6) is 0.229. The molecule has 136 valence electrons. The van der Waals surface area contributed by atoms with Crippen LogP contribution in [0, 0.1) is 0 Å². The van der Waals surface area contributed by atoms with Gasteiger partial charge in [0.2, 0.25) is 5.91 Å². The van der Waals surface area contributed by atoms with Gasteiger partial charge in [-0.15, -0.1) is 22.7 Å². The van der Waals surface area contributed by atoms with Gasteiger partial charge in [0.25, 0.3) is 0 Å². The molecular weight excluding hydrogens is 362 g/mol. The van der Waals surface area contributed by atoms with E-state index in [-0.39, 0.29) is 5.91 Å². The predicted octanol–water partition coefficient (Wildman–Crippen LogP) is 4.88. The Bertz CT molecular complexity index is 838. The number of rotatable bonds is 8. The zero-order valence-corrected chi connectivity index (χ0v) is 16.6. The molecule has 26 heavy (non-hydrogen) atoms. The van der Waals surface area contributed by atoms with Crippen molar-refractivity contribution in [2.24, 2.45) is 5.73 Å². The first-order valence-electron chi connectivity index (χ1n) is 8.64. The van der Waals surface area contributed by atoms with Crippen molar-refractivity contribution in [3.05, 3.63) is 57.6 Å². The molecule has 3 rings (SSSR count). The van der Waals surface area contributed by atoms with E-state index < -0.39 is 0 Å². The van der Waals surface area contributed by atoms with Crippen molar-refractivity contribution in [3.8, 4) is 11.3 Å². The number of nitrogens with zero attached hydrogens (tertiary/aromatic N) is 2. The smallest absolute Gasteiger partial charge is 0.219 e. The monoisotopic (exact) mass is 385 g/mol. The van der Waals surface area contributed by atoms with Crippen LogP contribution in [0.15, 0.2) is 47.2 Å². The Labute approximate surface area is 162 Å². The summed E-state index contributed by atoms with van der Waals surface area (Å²) < 4.78 is 0. The SMILES string of the molecule is CC(C)c1ccc(-c2csc(N(CCC(N)=O)Cc3cccs3)n2)cc1. The molecule has 2 N–H and O–H groups in total. The second kappa shape index (κ2) is 8.47. The van der Waals surface area contributed by atoms with Crippen molar-refractivity contribution >= 4 is 33.7 Å². The highest BCUT2D eigenvalue weighted by Gasteiger charge is 2.14. The molecule has 2 heterocycles. The van der Waals surface area contributed by atoms with E-state index in [0.717, 1.165) is 22.9 Å². The van der Waals surface area contributed by atoms with Crippen molar-refractivity contribution in [2.75, 3.05) is 11.4 Å². The van der Waals surface area contributed by atoms with Gasteiger partial charge in [-0.2, -0.15) is 0 Å². The third-order valence-electron chi connectivity index (χ3n) is 4.19. The Balaban J connectivity index is 1.80. The van der Waals surface area contributed by atoms with Crippen molar-refractivity contribution < 1.29 is 4.79 Å². The number of hydrogen-bond donors (Lipinski definition) is 1. The molecule has 0 aliphatic carbocycles. The number of thiophene rings is 1. The standard InChI is InChI=1S/C20H23N3OS2/c1-14(2)15-5-7-16(8-6-15)18-13-26-20(22-18)23(10-9-19(21)24)12-17-4-3-11-25-17/h3-8,11,13-14H,9-10,12H2,1-2H3,(H2,21,24). The van der Waals surface area contributed by atoms with Gasteiger partial charge >= 0.3 is 0 Å². The summed E-state index contributed by atoms with van der Waals surface area (Å²) in [5.41, 5.74) is 8.75. The van der Waals surface area contributed by atoms with Gasteiger partial charge in [-0.05, 0) is 22.9 Å². The zero-order chi connectivity index (χ0) is 18.5. The van der Waals surface area contributed by atoms with E-state index in [1.54, 1.807) is 22.7 Å². The first-order chi connectivity index (χ1) is 12.5. The molecule has 0 fully saturated rings. The molecule has 0 atom stereocenters. The van der Waals surface area contributed by atoms with Crippen molar-refractivity contribution in [2.45, 2.75) is 32.7 Å². The molecule has 2 aromatic heterocycles. The fourth-order valence-corrected chi connectivity index (χ4v) is 4.24. The highest BCUT2D eigenvalue weighted by Crippen LogP contribution is 2.30. The quantitative estimate of drug-likeness (QED) is 0.601. The third kappa shape index (κ3) is 4.71. The molecule has 1 amide bonds. The fraction of sp³-hybridized carbons (Fsp3) is 0.300. The van der Waals surface area contributed by atoms with E-state index in [2.05, 4.69) is 59.8 Å². The van der Waals surface area contributed by atoms with Crippen LogP contribution in [-0.2, 0) is 11.3 Å². The van der Waals surface area contributed by atoms with Gasteiger partial charge in [-0.25, -0.2) is 4.98 Å². The number of carbonyl (C=O) groups is 1. The lowest BCUT2D eigenvalue weighted by atomic mass is 10.0. The highest BCUT2D eigenvalue weighted by atomic mass is 32.1. The minimum Gasteiger partial charge on any atom is -0.370 e. The molecule has 3 aromatic rings. The summed E-state index contributed by atoms with van der Waals surface area (Å²) in [4.78, 5) is 19.4. The average Bonchev–Trinajstić information content (AvgIpc) is 3.30. The van der Waals surface area contributed by atoms with Crippen LogP contribution in [0.25, 0.3) is 11.3 Å². The Morgan fingerprint density at radius 2 is 1.96 bits per heavy atom. The third-order valence-corrected chi connectivity index (χ3v) is 5.95. The molecular formula is C20H23N3OS2. The number of nitrogens with two attached hydrogens (primary N) is 1. The van der Waals surface area contributed by atoms with Gasteiger partial charge in [0.1, 0.15) is 0 Å². The molecule has 1 aromatic carbocycles. The van der Waals surface area contributed by atoms with Crippen LogP contribution >= 0.6 is 22.7 Å². The first kappa shape index (κ1) is 18.6. The van der Waals surface area contributed by atoms with Crippen LogP contribution in [0.1, 0.15) is 36.6 Å².